The number of aromatic nitrogens is 1. The molecule has 1 fully saturated rings. The van der Waals surface area contributed by atoms with Crippen molar-refractivity contribution < 1.29 is 14.5 Å². The summed E-state index contributed by atoms with van der Waals surface area (Å²) in [6, 6.07) is 15.4. The van der Waals surface area contributed by atoms with Crippen LogP contribution >= 0.6 is 11.3 Å². The van der Waals surface area contributed by atoms with Crippen molar-refractivity contribution in [3.8, 4) is 0 Å². The number of rotatable bonds is 5. The third-order valence-electron chi connectivity index (χ3n) is 5.12. The molecular weight excluding hydrogens is 372 g/mol. The SMILES string of the molecule is CNC(=O)c1cccc(NC(=O)C[NH+]2CCC[C@H]2c2nc3ccccc3s2)c1. The van der Waals surface area contributed by atoms with Crippen LogP contribution < -0.4 is 15.5 Å². The number of anilines is 1. The summed E-state index contributed by atoms with van der Waals surface area (Å²) in [6.07, 6.45) is 2.14. The summed E-state index contributed by atoms with van der Waals surface area (Å²) >= 11 is 1.73. The molecule has 3 N–H and O–H groups in total. The van der Waals surface area contributed by atoms with Crippen molar-refractivity contribution in [1.82, 2.24) is 10.3 Å². The van der Waals surface area contributed by atoms with Gasteiger partial charge in [-0.1, -0.05) is 18.2 Å². The van der Waals surface area contributed by atoms with E-state index in [0.29, 0.717) is 17.8 Å². The Kier molecular flexibility index (Phi) is 5.36. The zero-order valence-corrected chi connectivity index (χ0v) is 16.5. The number of likely N-dealkylation sites (tertiary alicyclic amines) is 1. The Labute approximate surface area is 167 Å². The number of benzene rings is 2. The summed E-state index contributed by atoms with van der Waals surface area (Å²) in [6.45, 7) is 1.36. The molecule has 2 amide bonds. The molecule has 0 radical (unpaired) electrons. The minimum Gasteiger partial charge on any atom is -0.355 e. The minimum atomic E-state index is -0.169. The highest BCUT2D eigenvalue weighted by Gasteiger charge is 2.34. The molecule has 2 aromatic carbocycles. The van der Waals surface area contributed by atoms with Gasteiger partial charge in [0.05, 0.1) is 16.8 Å². The predicted octanol–water partition coefficient (Wildman–Crippen LogP) is 2.01. The van der Waals surface area contributed by atoms with Gasteiger partial charge in [0.15, 0.2) is 11.6 Å². The molecule has 1 aliphatic heterocycles. The molecule has 0 aliphatic carbocycles. The van der Waals surface area contributed by atoms with Gasteiger partial charge in [-0.3, -0.25) is 9.59 Å². The minimum absolute atomic E-state index is 0.0444. The Morgan fingerprint density at radius 1 is 1.21 bits per heavy atom. The number of hydrogen-bond acceptors (Lipinski definition) is 4. The number of amides is 2. The van der Waals surface area contributed by atoms with Gasteiger partial charge in [-0.15, -0.1) is 11.3 Å². The van der Waals surface area contributed by atoms with E-state index in [1.165, 1.54) is 9.60 Å². The average molecular weight is 396 g/mol. The van der Waals surface area contributed by atoms with Crippen LogP contribution in [0.4, 0.5) is 5.69 Å². The lowest BCUT2D eigenvalue weighted by Gasteiger charge is -2.19. The van der Waals surface area contributed by atoms with E-state index in [4.69, 9.17) is 4.98 Å². The van der Waals surface area contributed by atoms with Gasteiger partial charge in [0.25, 0.3) is 11.8 Å². The molecule has 1 unspecified atom stereocenters. The first-order valence-electron chi connectivity index (χ1n) is 9.46. The van der Waals surface area contributed by atoms with Crippen molar-refractivity contribution >= 4 is 39.1 Å². The van der Waals surface area contributed by atoms with Crippen molar-refractivity contribution in [2.45, 2.75) is 18.9 Å². The molecule has 1 aromatic heterocycles. The summed E-state index contributed by atoms with van der Waals surface area (Å²) in [5.74, 6) is -0.214. The monoisotopic (exact) mass is 395 g/mol. The van der Waals surface area contributed by atoms with Crippen molar-refractivity contribution in [3.05, 3.63) is 59.1 Å². The Bertz CT molecular complexity index is 983. The van der Waals surface area contributed by atoms with Crippen molar-refractivity contribution in [1.29, 1.82) is 0 Å². The van der Waals surface area contributed by atoms with Crippen LogP contribution in [0.3, 0.4) is 0 Å². The molecule has 3 aromatic rings. The van der Waals surface area contributed by atoms with Crippen LogP contribution in [0.2, 0.25) is 0 Å². The maximum absolute atomic E-state index is 12.6. The van der Waals surface area contributed by atoms with E-state index in [1.54, 1.807) is 42.6 Å². The Morgan fingerprint density at radius 3 is 2.89 bits per heavy atom. The van der Waals surface area contributed by atoms with Gasteiger partial charge in [-0.05, 0) is 30.3 Å². The van der Waals surface area contributed by atoms with Crippen molar-refractivity contribution in [3.63, 3.8) is 0 Å². The molecule has 7 heteroatoms. The van der Waals surface area contributed by atoms with Gasteiger partial charge in [-0.2, -0.15) is 0 Å². The van der Waals surface area contributed by atoms with Gasteiger partial charge in [0, 0.05) is 31.1 Å². The highest BCUT2D eigenvalue weighted by Crippen LogP contribution is 2.28. The quantitative estimate of drug-likeness (QED) is 0.619. The Morgan fingerprint density at radius 2 is 2.07 bits per heavy atom. The van der Waals surface area contributed by atoms with Crippen LogP contribution in [-0.4, -0.2) is 36.9 Å². The van der Waals surface area contributed by atoms with E-state index >= 15 is 0 Å². The number of thiazole rings is 1. The third kappa shape index (κ3) is 3.90. The van der Waals surface area contributed by atoms with Gasteiger partial charge >= 0.3 is 0 Å². The predicted molar refractivity (Wildman–Crippen MR) is 111 cm³/mol. The number of carbonyl (C=O) groups is 2. The van der Waals surface area contributed by atoms with Gasteiger partial charge in [-0.25, -0.2) is 4.98 Å². The maximum Gasteiger partial charge on any atom is 0.279 e. The molecule has 0 saturated carbocycles. The molecule has 1 saturated heterocycles. The molecule has 0 bridgehead atoms. The number of carbonyl (C=O) groups excluding carboxylic acids is 2. The molecule has 6 nitrogen and oxygen atoms in total. The highest BCUT2D eigenvalue weighted by atomic mass is 32.1. The van der Waals surface area contributed by atoms with E-state index in [1.807, 2.05) is 18.2 Å². The fraction of sp³-hybridized carbons (Fsp3) is 0.286. The van der Waals surface area contributed by atoms with Crippen molar-refractivity contribution in [2.24, 2.45) is 0 Å². The third-order valence-corrected chi connectivity index (χ3v) is 6.27. The van der Waals surface area contributed by atoms with Gasteiger partial charge < -0.3 is 15.5 Å². The number of fused-ring (bicyclic) bond motifs is 1. The normalized spacial score (nSPS) is 18.9. The van der Waals surface area contributed by atoms with Gasteiger partial charge in [0.1, 0.15) is 6.04 Å². The average Bonchev–Trinajstić information content (AvgIpc) is 3.33. The van der Waals surface area contributed by atoms with E-state index in [9.17, 15) is 9.59 Å². The first-order valence-corrected chi connectivity index (χ1v) is 10.3. The zero-order chi connectivity index (χ0) is 19.5. The highest BCUT2D eigenvalue weighted by molar-refractivity contribution is 7.18. The van der Waals surface area contributed by atoms with E-state index in [0.717, 1.165) is 29.9 Å². The fourth-order valence-corrected chi connectivity index (χ4v) is 4.92. The van der Waals surface area contributed by atoms with Crippen LogP contribution in [0, 0.1) is 0 Å². The first-order chi connectivity index (χ1) is 13.6. The lowest BCUT2D eigenvalue weighted by Crippen LogP contribution is -3.11. The Balaban J connectivity index is 1.44. The van der Waals surface area contributed by atoms with E-state index in [-0.39, 0.29) is 17.9 Å². The fourth-order valence-electron chi connectivity index (χ4n) is 3.75. The van der Waals surface area contributed by atoms with Gasteiger partial charge in [0.2, 0.25) is 0 Å². The van der Waals surface area contributed by atoms with E-state index < -0.39 is 0 Å². The lowest BCUT2D eigenvalue weighted by molar-refractivity contribution is -0.910. The van der Waals surface area contributed by atoms with Crippen molar-refractivity contribution in [2.75, 3.05) is 25.5 Å². The van der Waals surface area contributed by atoms with E-state index in [2.05, 4.69) is 16.7 Å². The molecule has 4 rings (SSSR count). The molecule has 1 aliphatic rings. The summed E-state index contributed by atoms with van der Waals surface area (Å²) in [5, 5.41) is 6.64. The number of quaternary nitrogens is 1. The molecule has 2 atom stereocenters. The Hall–Kier alpha value is -2.77. The number of hydrogen-bond donors (Lipinski definition) is 3. The topological polar surface area (TPSA) is 75.5 Å². The summed E-state index contributed by atoms with van der Waals surface area (Å²) in [4.78, 5) is 30.4. The number of para-hydroxylation sites is 1. The lowest BCUT2D eigenvalue weighted by atomic mass is 10.2. The second-order valence-electron chi connectivity index (χ2n) is 7.01. The molecule has 2 heterocycles. The summed E-state index contributed by atoms with van der Waals surface area (Å²) in [5.41, 5.74) is 2.20. The molecular formula is C21H23N4O2S+. The second-order valence-corrected chi connectivity index (χ2v) is 8.07. The second kappa shape index (κ2) is 8.08. The van der Waals surface area contributed by atoms with Crippen LogP contribution in [0.15, 0.2) is 48.5 Å². The van der Waals surface area contributed by atoms with Crippen LogP contribution in [0.1, 0.15) is 34.2 Å². The first kappa shape index (κ1) is 18.6. The molecule has 144 valence electrons. The molecule has 0 spiro atoms. The summed E-state index contributed by atoms with van der Waals surface area (Å²) < 4.78 is 1.19. The van der Waals surface area contributed by atoms with Crippen LogP contribution in [0.5, 0.6) is 0 Å². The molecule has 28 heavy (non-hydrogen) atoms. The maximum atomic E-state index is 12.6. The zero-order valence-electron chi connectivity index (χ0n) is 15.7. The number of nitrogens with one attached hydrogen (secondary N) is 3. The summed E-state index contributed by atoms with van der Waals surface area (Å²) in [7, 11) is 1.59. The standard InChI is InChI=1S/C21H22N4O2S/c1-22-20(27)14-6-4-7-15(12-14)23-19(26)13-25-11-5-9-17(25)21-24-16-8-2-3-10-18(16)28-21/h2-4,6-8,10,12,17H,5,9,11,13H2,1H3,(H,22,27)(H,23,26)/p+1/t17-/m0/s1. The van der Waals surface area contributed by atoms with Crippen LogP contribution in [-0.2, 0) is 4.79 Å². The van der Waals surface area contributed by atoms with Crippen LogP contribution in [0.25, 0.3) is 10.2 Å². The smallest absolute Gasteiger partial charge is 0.279 e. The number of nitrogens with zero attached hydrogens (tertiary/aromatic N) is 1. The largest absolute Gasteiger partial charge is 0.355 e.